The van der Waals surface area contributed by atoms with Crippen molar-refractivity contribution in [2.45, 2.75) is 20.3 Å². The minimum Gasteiger partial charge on any atom is -0.462 e. The van der Waals surface area contributed by atoms with E-state index in [1.54, 1.807) is 19.2 Å². The molecule has 2 aromatic heterocycles. The van der Waals surface area contributed by atoms with Gasteiger partial charge in [0.15, 0.2) is 6.61 Å². The van der Waals surface area contributed by atoms with Crippen LogP contribution in [0.2, 0.25) is 0 Å². The number of nitrogens with one attached hydrogen (secondary N) is 1. The molecule has 0 spiro atoms. The zero-order valence-electron chi connectivity index (χ0n) is 16.5. The number of benzene rings is 1. The van der Waals surface area contributed by atoms with Crippen LogP contribution in [0.4, 0.5) is 5.00 Å². The van der Waals surface area contributed by atoms with Crippen molar-refractivity contribution in [1.29, 1.82) is 0 Å². The lowest BCUT2D eigenvalue weighted by Crippen LogP contribution is -2.21. The molecule has 0 aliphatic heterocycles. The number of aromatic nitrogens is 1. The Hall–Kier alpha value is -3.13. The summed E-state index contributed by atoms with van der Waals surface area (Å²) in [7, 11) is 1.84. The molecular formula is C21H22N2O5S. The third-order valence-corrected chi connectivity index (χ3v) is 5.53. The average Bonchev–Trinajstić information content (AvgIpc) is 3.28. The second-order valence-electron chi connectivity index (χ2n) is 6.32. The van der Waals surface area contributed by atoms with Gasteiger partial charge in [0.2, 0.25) is 0 Å². The summed E-state index contributed by atoms with van der Waals surface area (Å²) in [4.78, 5) is 37.8. The summed E-state index contributed by atoms with van der Waals surface area (Å²) in [6.07, 6.45) is 2.40. The molecular weight excluding hydrogens is 392 g/mol. The van der Waals surface area contributed by atoms with Gasteiger partial charge in [-0.2, -0.15) is 0 Å². The summed E-state index contributed by atoms with van der Waals surface area (Å²) in [6.45, 7) is 3.46. The van der Waals surface area contributed by atoms with Crippen molar-refractivity contribution in [3.05, 3.63) is 52.5 Å². The summed E-state index contributed by atoms with van der Waals surface area (Å²) in [5, 5.41) is 3.81. The van der Waals surface area contributed by atoms with Crippen LogP contribution >= 0.6 is 11.3 Å². The molecule has 3 aromatic rings. The molecule has 1 amide bonds. The molecule has 152 valence electrons. The molecule has 29 heavy (non-hydrogen) atoms. The standard InChI is InChI=1S/C21H22N2O5S/c1-4-13-10-15(20(25)27-5-2)19(29-13)22-18(24)12-28-21(26)16-11-23(3)17-9-7-6-8-14(16)17/h6-11H,4-5,12H2,1-3H3,(H,22,24). The first-order valence-corrected chi connectivity index (χ1v) is 10.1. The van der Waals surface area contributed by atoms with Gasteiger partial charge in [-0.1, -0.05) is 25.1 Å². The van der Waals surface area contributed by atoms with E-state index in [2.05, 4.69) is 5.32 Å². The first-order chi connectivity index (χ1) is 13.9. The van der Waals surface area contributed by atoms with Crippen LogP contribution in [0, 0.1) is 0 Å². The van der Waals surface area contributed by atoms with Crippen molar-refractivity contribution in [2.24, 2.45) is 7.05 Å². The van der Waals surface area contributed by atoms with E-state index in [4.69, 9.17) is 9.47 Å². The predicted molar refractivity (Wildman–Crippen MR) is 111 cm³/mol. The van der Waals surface area contributed by atoms with Gasteiger partial charge in [0.1, 0.15) is 5.00 Å². The number of amides is 1. The average molecular weight is 414 g/mol. The molecule has 1 N–H and O–H groups in total. The zero-order chi connectivity index (χ0) is 21.0. The number of aryl methyl sites for hydroxylation is 2. The van der Waals surface area contributed by atoms with Crippen LogP contribution in [0.1, 0.15) is 39.4 Å². The number of thiophene rings is 1. The van der Waals surface area contributed by atoms with Gasteiger partial charge in [-0.25, -0.2) is 9.59 Å². The molecule has 8 heteroatoms. The molecule has 0 aliphatic carbocycles. The van der Waals surface area contributed by atoms with Crippen molar-refractivity contribution < 1.29 is 23.9 Å². The molecule has 1 aromatic carbocycles. The Morgan fingerprint density at radius 2 is 1.79 bits per heavy atom. The number of carbonyl (C=O) groups is 3. The molecule has 0 saturated carbocycles. The van der Waals surface area contributed by atoms with Gasteiger partial charge in [0, 0.05) is 29.0 Å². The molecule has 7 nitrogen and oxygen atoms in total. The monoisotopic (exact) mass is 414 g/mol. The number of hydrogen-bond acceptors (Lipinski definition) is 6. The number of hydrogen-bond donors (Lipinski definition) is 1. The van der Waals surface area contributed by atoms with Gasteiger partial charge in [-0.3, -0.25) is 4.79 Å². The highest BCUT2D eigenvalue weighted by Gasteiger charge is 2.20. The Balaban J connectivity index is 1.68. The van der Waals surface area contributed by atoms with Crippen LogP contribution in [0.3, 0.4) is 0 Å². The number of carbonyl (C=O) groups excluding carboxylic acids is 3. The minimum absolute atomic E-state index is 0.242. The Bertz CT molecular complexity index is 1070. The Morgan fingerprint density at radius 3 is 2.52 bits per heavy atom. The van der Waals surface area contributed by atoms with Gasteiger partial charge in [0.05, 0.1) is 17.7 Å². The second kappa shape index (κ2) is 8.91. The fourth-order valence-electron chi connectivity index (χ4n) is 2.95. The number of nitrogens with zero attached hydrogens (tertiary/aromatic N) is 1. The zero-order valence-corrected chi connectivity index (χ0v) is 17.3. The molecule has 0 atom stereocenters. The maximum atomic E-state index is 12.5. The highest BCUT2D eigenvalue weighted by Crippen LogP contribution is 2.29. The Morgan fingerprint density at radius 1 is 1.07 bits per heavy atom. The number of anilines is 1. The summed E-state index contributed by atoms with van der Waals surface area (Å²) >= 11 is 1.30. The smallest absolute Gasteiger partial charge is 0.341 e. The van der Waals surface area contributed by atoms with Crippen LogP contribution in [0.25, 0.3) is 10.9 Å². The van der Waals surface area contributed by atoms with Gasteiger partial charge in [-0.15, -0.1) is 11.3 Å². The lowest BCUT2D eigenvalue weighted by Gasteiger charge is -2.07. The van der Waals surface area contributed by atoms with E-state index in [1.807, 2.05) is 42.8 Å². The summed E-state index contributed by atoms with van der Waals surface area (Å²) in [5.41, 5.74) is 1.60. The lowest BCUT2D eigenvalue weighted by molar-refractivity contribution is -0.119. The van der Waals surface area contributed by atoms with Gasteiger partial charge < -0.3 is 19.4 Å². The number of esters is 2. The van der Waals surface area contributed by atoms with Crippen molar-refractivity contribution in [3.63, 3.8) is 0 Å². The van der Waals surface area contributed by atoms with E-state index in [0.29, 0.717) is 16.1 Å². The molecule has 3 rings (SSSR count). The van der Waals surface area contributed by atoms with Crippen LogP contribution in [-0.4, -0.2) is 35.6 Å². The third-order valence-electron chi connectivity index (χ3n) is 4.33. The van der Waals surface area contributed by atoms with E-state index in [0.717, 1.165) is 22.2 Å². The van der Waals surface area contributed by atoms with Gasteiger partial charge in [-0.05, 0) is 25.5 Å². The quantitative estimate of drug-likeness (QED) is 0.595. The number of para-hydroxylation sites is 1. The lowest BCUT2D eigenvalue weighted by atomic mass is 10.2. The molecule has 0 unspecified atom stereocenters. The fourth-order valence-corrected chi connectivity index (χ4v) is 3.95. The minimum atomic E-state index is -0.581. The Labute approximate surface area is 172 Å². The molecule has 2 heterocycles. The Kier molecular flexibility index (Phi) is 6.33. The predicted octanol–water partition coefficient (Wildman–Crippen LogP) is 3.77. The van der Waals surface area contributed by atoms with E-state index in [9.17, 15) is 14.4 Å². The first kappa shape index (κ1) is 20.6. The molecule has 0 aliphatic rings. The topological polar surface area (TPSA) is 86.6 Å². The molecule has 0 bridgehead atoms. The van der Waals surface area contributed by atoms with Crippen LogP contribution in [0.15, 0.2) is 36.5 Å². The molecule has 0 radical (unpaired) electrons. The number of fused-ring (bicyclic) bond motifs is 1. The normalized spacial score (nSPS) is 10.7. The van der Waals surface area contributed by atoms with E-state index in [1.165, 1.54) is 11.3 Å². The van der Waals surface area contributed by atoms with Crippen LogP contribution < -0.4 is 5.32 Å². The third kappa shape index (κ3) is 4.48. The largest absolute Gasteiger partial charge is 0.462 e. The van der Waals surface area contributed by atoms with Gasteiger partial charge >= 0.3 is 11.9 Å². The maximum Gasteiger partial charge on any atom is 0.341 e. The van der Waals surface area contributed by atoms with E-state index in [-0.39, 0.29) is 6.61 Å². The van der Waals surface area contributed by atoms with E-state index >= 15 is 0 Å². The first-order valence-electron chi connectivity index (χ1n) is 9.25. The van der Waals surface area contributed by atoms with Crippen LogP contribution in [-0.2, 0) is 27.7 Å². The van der Waals surface area contributed by atoms with Crippen LogP contribution in [0.5, 0.6) is 0 Å². The second-order valence-corrected chi connectivity index (χ2v) is 7.46. The fraction of sp³-hybridized carbons (Fsp3) is 0.286. The van der Waals surface area contributed by atoms with E-state index < -0.39 is 24.5 Å². The summed E-state index contributed by atoms with van der Waals surface area (Å²) in [5.74, 6) is -1.59. The molecule has 0 fully saturated rings. The summed E-state index contributed by atoms with van der Waals surface area (Å²) < 4.78 is 12.1. The highest BCUT2D eigenvalue weighted by atomic mass is 32.1. The molecule has 0 saturated heterocycles. The number of ether oxygens (including phenoxy) is 2. The maximum absolute atomic E-state index is 12.5. The number of rotatable bonds is 7. The highest BCUT2D eigenvalue weighted by molar-refractivity contribution is 7.16. The van der Waals surface area contributed by atoms with Crippen molar-refractivity contribution in [3.8, 4) is 0 Å². The van der Waals surface area contributed by atoms with Crippen molar-refractivity contribution in [2.75, 3.05) is 18.5 Å². The van der Waals surface area contributed by atoms with Gasteiger partial charge in [0.25, 0.3) is 5.91 Å². The summed E-state index contributed by atoms with van der Waals surface area (Å²) in [6, 6.07) is 9.16. The SMILES string of the molecule is CCOC(=O)c1cc(CC)sc1NC(=O)COC(=O)c1cn(C)c2ccccc12. The van der Waals surface area contributed by atoms with Crippen molar-refractivity contribution in [1.82, 2.24) is 4.57 Å². The van der Waals surface area contributed by atoms with Crippen molar-refractivity contribution >= 4 is 45.1 Å².